The van der Waals surface area contributed by atoms with Crippen LogP contribution in [-0.2, 0) is 0 Å². The lowest BCUT2D eigenvalue weighted by Gasteiger charge is -2.06. The molecular weight excluding hydrogens is 210 g/mol. The maximum absolute atomic E-state index is 13.2. The summed E-state index contributed by atoms with van der Waals surface area (Å²) in [5, 5.41) is 2.87. The van der Waals surface area contributed by atoms with E-state index in [1.54, 1.807) is 0 Å². The molecule has 0 saturated heterocycles. The monoisotopic (exact) mass is 224 g/mol. The maximum atomic E-state index is 13.2. The molecule has 0 atom stereocenters. The molecule has 0 spiro atoms. The van der Waals surface area contributed by atoms with Crippen LogP contribution in [0.25, 0.3) is 0 Å². The lowest BCUT2D eigenvalue weighted by molar-refractivity contribution is 0.575. The van der Waals surface area contributed by atoms with E-state index in [9.17, 15) is 8.78 Å². The molecule has 0 saturated carbocycles. The molecular formula is C12H14F2N2. The molecule has 0 radical (unpaired) electrons. The standard InChI is InChI=1S/C12H14F2N2/c13-10-7-11(14)12(16-8-10)15-6-5-9-3-1-2-4-9/h3,7-8H,1-2,4-6H2,(H,15,16). The molecule has 1 heterocycles. The molecule has 16 heavy (non-hydrogen) atoms. The second kappa shape index (κ2) is 5.05. The highest BCUT2D eigenvalue weighted by Gasteiger charge is 2.06. The number of allylic oxidation sites excluding steroid dienone is 1. The van der Waals surface area contributed by atoms with Gasteiger partial charge in [0, 0.05) is 12.6 Å². The Morgan fingerprint density at radius 1 is 1.38 bits per heavy atom. The minimum absolute atomic E-state index is 0.125. The molecule has 1 aromatic heterocycles. The molecule has 1 N–H and O–H groups in total. The number of halogens is 2. The van der Waals surface area contributed by atoms with E-state index in [2.05, 4.69) is 16.4 Å². The van der Waals surface area contributed by atoms with Crippen LogP contribution in [0.15, 0.2) is 23.9 Å². The highest BCUT2D eigenvalue weighted by Crippen LogP contribution is 2.20. The van der Waals surface area contributed by atoms with Gasteiger partial charge in [-0.05, 0) is 25.7 Å². The highest BCUT2D eigenvalue weighted by atomic mass is 19.1. The zero-order valence-corrected chi connectivity index (χ0v) is 8.97. The summed E-state index contributed by atoms with van der Waals surface area (Å²) in [7, 11) is 0. The largest absolute Gasteiger partial charge is 0.367 e. The van der Waals surface area contributed by atoms with Gasteiger partial charge in [-0.1, -0.05) is 11.6 Å². The third kappa shape index (κ3) is 2.78. The van der Waals surface area contributed by atoms with Gasteiger partial charge in [-0.15, -0.1) is 0 Å². The van der Waals surface area contributed by atoms with E-state index in [1.165, 1.54) is 12.0 Å². The number of aromatic nitrogens is 1. The molecule has 0 bridgehead atoms. The summed E-state index contributed by atoms with van der Waals surface area (Å²) in [6, 6.07) is 0.837. The Morgan fingerprint density at radius 2 is 2.25 bits per heavy atom. The minimum atomic E-state index is -0.651. The fourth-order valence-corrected chi connectivity index (χ4v) is 1.85. The topological polar surface area (TPSA) is 24.9 Å². The average Bonchev–Trinajstić information content (AvgIpc) is 2.74. The van der Waals surface area contributed by atoms with Gasteiger partial charge in [0.15, 0.2) is 11.6 Å². The molecule has 1 aliphatic rings. The van der Waals surface area contributed by atoms with Gasteiger partial charge >= 0.3 is 0 Å². The third-order valence-corrected chi connectivity index (χ3v) is 2.68. The van der Waals surface area contributed by atoms with Gasteiger partial charge in [0.2, 0.25) is 0 Å². The van der Waals surface area contributed by atoms with Crippen molar-refractivity contribution in [3.05, 3.63) is 35.5 Å². The minimum Gasteiger partial charge on any atom is -0.367 e. The van der Waals surface area contributed by atoms with E-state index in [0.717, 1.165) is 31.5 Å². The quantitative estimate of drug-likeness (QED) is 0.794. The Hall–Kier alpha value is -1.45. The van der Waals surface area contributed by atoms with E-state index < -0.39 is 11.6 Å². The van der Waals surface area contributed by atoms with Crippen LogP contribution in [0.4, 0.5) is 14.6 Å². The summed E-state index contributed by atoms with van der Waals surface area (Å²) in [4.78, 5) is 3.66. The molecule has 0 fully saturated rings. The highest BCUT2D eigenvalue weighted by molar-refractivity contribution is 5.35. The smallest absolute Gasteiger partial charge is 0.168 e. The first-order chi connectivity index (χ1) is 7.75. The van der Waals surface area contributed by atoms with Crippen molar-refractivity contribution in [2.45, 2.75) is 25.7 Å². The summed E-state index contributed by atoms with van der Waals surface area (Å²) in [6.45, 7) is 0.640. The number of hydrogen-bond acceptors (Lipinski definition) is 2. The molecule has 1 aliphatic carbocycles. The third-order valence-electron chi connectivity index (χ3n) is 2.68. The zero-order valence-electron chi connectivity index (χ0n) is 8.97. The van der Waals surface area contributed by atoms with Gasteiger partial charge in [-0.3, -0.25) is 0 Å². The van der Waals surface area contributed by atoms with Crippen LogP contribution in [0.1, 0.15) is 25.7 Å². The lowest BCUT2D eigenvalue weighted by Crippen LogP contribution is -2.06. The number of pyridine rings is 1. The van der Waals surface area contributed by atoms with Crippen LogP contribution in [0.2, 0.25) is 0 Å². The Bertz CT molecular complexity index is 402. The maximum Gasteiger partial charge on any atom is 0.168 e. The summed E-state index contributed by atoms with van der Waals surface area (Å²) in [6.07, 6.45) is 7.66. The van der Waals surface area contributed by atoms with Crippen molar-refractivity contribution < 1.29 is 8.78 Å². The van der Waals surface area contributed by atoms with E-state index >= 15 is 0 Å². The average molecular weight is 224 g/mol. The van der Waals surface area contributed by atoms with Crippen molar-refractivity contribution in [3.63, 3.8) is 0 Å². The van der Waals surface area contributed by atoms with E-state index in [4.69, 9.17) is 0 Å². The molecule has 0 aromatic carbocycles. The first kappa shape index (κ1) is 11.0. The van der Waals surface area contributed by atoms with Gasteiger partial charge in [0.05, 0.1) is 6.20 Å². The molecule has 4 heteroatoms. The van der Waals surface area contributed by atoms with Crippen molar-refractivity contribution in [1.29, 1.82) is 0 Å². The predicted molar refractivity (Wildman–Crippen MR) is 59.2 cm³/mol. The number of nitrogens with one attached hydrogen (secondary N) is 1. The molecule has 2 nitrogen and oxygen atoms in total. The Balaban J connectivity index is 1.84. The number of anilines is 1. The van der Waals surface area contributed by atoms with Crippen LogP contribution >= 0.6 is 0 Å². The summed E-state index contributed by atoms with van der Waals surface area (Å²) >= 11 is 0. The van der Waals surface area contributed by atoms with Crippen LogP contribution in [-0.4, -0.2) is 11.5 Å². The molecule has 86 valence electrons. The Morgan fingerprint density at radius 3 is 2.94 bits per heavy atom. The van der Waals surface area contributed by atoms with Crippen LogP contribution in [0.3, 0.4) is 0 Å². The van der Waals surface area contributed by atoms with Gasteiger partial charge in [0.1, 0.15) is 5.82 Å². The van der Waals surface area contributed by atoms with Gasteiger partial charge in [0.25, 0.3) is 0 Å². The van der Waals surface area contributed by atoms with E-state index in [1.807, 2.05) is 0 Å². The van der Waals surface area contributed by atoms with Crippen LogP contribution < -0.4 is 5.32 Å². The summed E-state index contributed by atoms with van der Waals surface area (Å²) in [5.74, 6) is -1.16. The molecule has 2 rings (SSSR count). The van der Waals surface area contributed by atoms with Gasteiger partial charge in [-0.25, -0.2) is 13.8 Å². The zero-order chi connectivity index (χ0) is 11.4. The van der Waals surface area contributed by atoms with Gasteiger partial charge < -0.3 is 5.32 Å². The van der Waals surface area contributed by atoms with Crippen LogP contribution in [0, 0.1) is 11.6 Å². The molecule has 0 aliphatic heterocycles. The normalized spacial score (nSPS) is 15.0. The second-order valence-electron chi connectivity index (χ2n) is 3.92. The fourth-order valence-electron chi connectivity index (χ4n) is 1.85. The Labute approximate surface area is 93.4 Å². The Kier molecular flexibility index (Phi) is 3.49. The van der Waals surface area contributed by atoms with Gasteiger partial charge in [-0.2, -0.15) is 0 Å². The van der Waals surface area contributed by atoms with Crippen molar-refractivity contribution in [2.75, 3.05) is 11.9 Å². The number of rotatable bonds is 4. The SMILES string of the molecule is Fc1cnc(NCCC2=CCCC2)c(F)c1. The number of nitrogens with zero attached hydrogens (tertiary/aromatic N) is 1. The first-order valence-electron chi connectivity index (χ1n) is 5.48. The number of hydrogen-bond donors (Lipinski definition) is 1. The van der Waals surface area contributed by atoms with Crippen LogP contribution in [0.5, 0.6) is 0 Å². The molecule has 0 amide bonds. The van der Waals surface area contributed by atoms with Crippen molar-refractivity contribution >= 4 is 5.82 Å². The summed E-state index contributed by atoms with van der Waals surface area (Å²) < 4.78 is 25.7. The van der Waals surface area contributed by atoms with Crippen molar-refractivity contribution in [3.8, 4) is 0 Å². The van der Waals surface area contributed by atoms with Crippen molar-refractivity contribution in [2.24, 2.45) is 0 Å². The first-order valence-corrected chi connectivity index (χ1v) is 5.48. The fraction of sp³-hybridized carbons (Fsp3) is 0.417. The molecule has 1 aromatic rings. The lowest BCUT2D eigenvalue weighted by atomic mass is 10.2. The summed E-state index contributed by atoms with van der Waals surface area (Å²) in [5.41, 5.74) is 1.41. The van der Waals surface area contributed by atoms with E-state index in [0.29, 0.717) is 6.54 Å². The van der Waals surface area contributed by atoms with E-state index in [-0.39, 0.29) is 5.82 Å². The molecule has 0 unspecified atom stereocenters. The predicted octanol–water partition coefficient (Wildman–Crippen LogP) is 3.27. The van der Waals surface area contributed by atoms with Crippen molar-refractivity contribution in [1.82, 2.24) is 4.98 Å². The second-order valence-corrected chi connectivity index (χ2v) is 3.92.